The maximum absolute atomic E-state index is 11.5. The first kappa shape index (κ1) is 19.2. The van der Waals surface area contributed by atoms with Gasteiger partial charge in [0.05, 0.1) is 5.56 Å². The molecule has 9 heteroatoms. The maximum Gasteiger partial charge on any atom is 0.320 e. The molecule has 1 aromatic heterocycles. The fourth-order valence-corrected chi connectivity index (χ4v) is 3.20. The molecule has 8 nitrogen and oxygen atoms in total. The molecule has 0 aliphatic rings. The molecule has 1 heterocycles. The molecular weight excluding hydrogens is 356 g/mol. The Labute approximate surface area is 153 Å². The second-order valence-electron chi connectivity index (χ2n) is 5.41. The van der Waals surface area contributed by atoms with Crippen molar-refractivity contribution in [1.29, 1.82) is 0 Å². The summed E-state index contributed by atoms with van der Waals surface area (Å²) in [5.74, 6) is -1.71. The number of carboxylic acid groups (broad SMARTS) is 1. The summed E-state index contributed by atoms with van der Waals surface area (Å²) < 4.78 is 0. The SMILES string of the molecule is NC(=O)Nc1sc(-c2ccc(/C=C/C[C@H](N)C(=O)O)cc2)cc1C(N)=O. The second-order valence-corrected chi connectivity index (χ2v) is 6.46. The Bertz CT molecular complexity index is 858. The van der Waals surface area contributed by atoms with E-state index in [4.69, 9.17) is 22.3 Å². The first-order valence-corrected chi connectivity index (χ1v) is 8.35. The van der Waals surface area contributed by atoms with Gasteiger partial charge in [0.1, 0.15) is 11.0 Å². The van der Waals surface area contributed by atoms with Crippen molar-refractivity contribution < 1.29 is 19.5 Å². The highest BCUT2D eigenvalue weighted by molar-refractivity contribution is 7.20. The fraction of sp³-hybridized carbons (Fsp3) is 0.118. The molecule has 0 saturated heterocycles. The van der Waals surface area contributed by atoms with E-state index in [0.717, 1.165) is 16.0 Å². The number of hydrogen-bond donors (Lipinski definition) is 5. The number of amides is 3. The summed E-state index contributed by atoms with van der Waals surface area (Å²) in [6, 6.07) is 7.23. The standard InChI is InChI=1S/C17H18N4O4S/c18-12(16(23)24)3-1-2-9-4-6-10(7-5-9)13-8-11(14(19)22)15(26-13)21-17(20)25/h1-2,4-8,12H,3,18H2,(H2,19,22)(H,23,24)(H3,20,21,25)/b2-1+/t12-/m0/s1. The largest absolute Gasteiger partial charge is 0.480 e. The minimum absolute atomic E-state index is 0.190. The highest BCUT2D eigenvalue weighted by Gasteiger charge is 2.16. The molecule has 0 aliphatic carbocycles. The summed E-state index contributed by atoms with van der Waals surface area (Å²) in [6.07, 6.45) is 3.70. The lowest BCUT2D eigenvalue weighted by Gasteiger charge is -2.01. The summed E-state index contributed by atoms with van der Waals surface area (Å²) in [4.78, 5) is 33.9. The third kappa shape index (κ3) is 4.91. The lowest BCUT2D eigenvalue weighted by atomic mass is 10.1. The number of aliphatic carboxylic acids is 1. The van der Waals surface area contributed by atoms with Crippen LogP contribution in [0.3, 0.4) is 0 Å². The Balaban J connectivity index is 2.17. The number of nitrogens with two attached hydrogens (primary N) is 3. The van der Waals surface area contributed by atoms with E-state index in [0.29, 0.717) is 5.00 Å². The van der Waals surface area contributed by atoms with Crippen LogP contribution in [0.5, 0.6) is 0 Å². The van der Waals surface area contributed by atoms with Crippen molar-refractivity contribution in [3.63, 3.8) is 0 Å². The molecule has 2 aromatic rings. The van der Waals surface area contributed by atoms with E-state index in [1.807, 2.05) is 24.3 Å². The Morgan fingerprint density at radius 3 is 2.38 bits per heavy atom. The number of rotatable bonds is 7. The Morgan fingerprint density at radius 2 is 1.85 bits per heavy atom. The molecule has 26 heavy (non-hydrogen) atoms. The van der Waals surface area contributed by atoms with Gasteiger partial charge in [-0.3, -0.25) is 14.9 Å². The average Bonchev–Trinajstić information content (AvgIpc) is 2.98. The van der Waals surface area contributed by atoms with Gasteiger partial charge in [-0.1, -0.05) is 36.4 Å². The van der Waals surface area contributed by atoms with Gasteiger partial charge in [0.2, 0.25) is 0 Å². The fourth-order valence-electron chi connectivity index (χ4n) is 2.13. The van der Waals surface area contributed by atoms with Crippen LogP contribution in [0.15, 0.2) is 36.4 Å². The van der Waals surface area contributed by atoms with E-state index >= 15 is 0 Å². The molecule has 3 amide bonds. The van der Waals surface area contributed by atoms with E-state index in [-0.39, 0.29) is 12.0 Å². The van der Waals surface area contributed by atoms with Gasteiger partial charge in [0.15, 0.2) is 0 Å². The number of carbonyl (C=O) groups is 3. The van der Waals surface area contributed by atoms with Crippen molar-refractivity contribution in [2.75, 3.05) is 5.32 Å². The molecule has 0 fully saturated rings. The Morgan fingerprint density at radius 1 is 1.19 bits per heavy atom. The molecular formula is C17H18N4O4S. The van der Waals surface area contributed by atoms with Crippen LogP contribution < -0.4 is 22.5 Å². The minimum atomic E-state index is -1.05. The molecule has 1 atom stereocenters. The number of anilines is 1. The van der Waals surface area contributed by atoms with Crippen LogP contribution in [0.1, 0.15) is 22.3 Å². The summed E-state index contributed by atoms with van der Waals surface area (Å²) in [6.45, 7) is 0. The molecule has 0 radical (unpaired) electrons. The van der Waals surface area contributed by atoms with Crippen LogP contribution in [0.4, 0.5) is 9.80 Å². The van der Waals surface area contributed by atoms with E-state index in [1.54, 1.807) is 18.2 Å². The average molecular weight is 374 g/mol. The van der Waals surface area contributed by atoms with Crippen LogP contribution in [0, 0.1) is 0 Å². The van der Waals surface area contributed by atoms with E-state index < -0.39 is 23.9 Å². The number of hydrogen-bond acceptors (Lipinski definition) is 5. The summed E-state index contributed by atoms with van der Waals surface area (Å²) in [5.41, 5.74) is 17.7. The lowest BCUT2D eigenvalue weighted by Crippen LogP contribution is -2.29. The molecule has 136 valence electrons. The smallest absolute Gasteiger partial charge is 0.320 e. The van der Waals surface area contributed by atoms with E-state index in [2.05, 4.69) is 5.32 Å². The highest BCUT2D eigenvalue weighted by Crippen LogP contribution is 2.35. The number of benzene rings is 1. The van der Waals surface area contributed by atoms with E-state index in [9.17, 15) is 14.4 Å². The molecule has 0 bridgehead atoms. The minimum Gasteiger partial charge on any atom is -0.480 e. The number of thiophene rings is 1. The molecule has 0 saturated carbocycles. The summed E-state index contributed by atoms with van der Waals surface area (Å²) in [5, 5.41) is 11.4. The van der Waals surface area contributed by atoms with Crippen LogP contribution in [-0.2, 0) is 4.79 Å². The van der Waals surface area contributed by atoms with Gasteiger partial charge in [-0.25, -0.2) is 4.79 Å². The molecule has 1 aromatic carbocycles. The zero-order chi connectivity index (χ0) is 19.3. The zero-order valence-electron chi connectivity index (χ0n) is 13.6. The van der Waals surface area contributed by atoms with Gasteiger partial charge in [0.25, 0.3) is 5.91 Å². The monoisotopic (exact) mass is 374 g/mol. The normalized spacial score (nSPS) is 12.0. The number of carboxylic acids is 1. The van der Waals surface area contributed by atoms with Crippen molar-refractivity contribution >= 4 is 40.3 Å². The topological polar surface area (TPSA) is 162 Å². The number of carbonyl (C=O) groups excluding carboxylic acids is 2. The molecule has 8 N–H and O–H groups in total. The van der Waals surface area contributed by atoms with Crippen LogP contribution >= 0.6 is 11.3 Å². The first-order chi connectivity index (χ1) is 12.3. The first-order valence-electron chi connectivity index (χ1n) is 7.53. The molecule has 2 rings (SSSR count). The quantitative estimate of drug-likeness (QED) is 0.498. The van der Waals surface area contributed by atoms with Crippen LogP contribution in [0.25, 0.3) is 16.5 Å². The number of primary amides is 2. The molecule has 0 aliphatic heterocycles. The van der Waals surface area contributed by atoms with Gasteiger partial charge in [0, 0.05) is 4.88 Å². The molecule has 0 spiro atoms. The van der Waals surface area contributed by atoms with Gasteiger partial charge >= 0.3 is 12.0 Å². The van der Waals surface area contributed by atoms with Gasteiger partial charge in [-0.15, -0.1) is 11.3 Å². The van der Waals surface area contributed by atoms with Crippen molar-refractivity contribution in [3.05, 3.63) is 47.5 Å². The zero-order valence-corrected chi connectivity index (χ0v) is 14.5. The van der Waals surface area contributed by atoms with Gasteiger partial charge in [-0.2, -0.15) is 0 Å². The molecule has 0 unspecified atom stereocenters. The van der Waals surface area contributed by atoms with Gasteiger partial charge in [-0.05, 0) is 23.6 Å². The van der Waals surface area contributed by atoms with E-state index in [1.165, 1.54) is 11.3 Å². The Hall–Kier alpha value is -3.17. The number of nitrogens with one attached hydrogen (secondary N) is 1. The predicted octanol–water partition coefficient (Wildman–Crippen LogP) is 1.82. The van der Waals surface area contributed by atoms with Gasteiger partial charge < -0.3 is 22.3 Å². The second kappa shape index (κ2) is 8.28. The van der Waals surface area contributed by atoms with Crippen LogP contribution in [0.2, 0.25) is 0 Å². The lowest BCUT2D eigenvalue weighted by molar-refractivity contribution is -0.138. The Kier molecular flexibility index (Phi) is 6.10. The highest BCUT2D eigenvalue weighted by atomic mass is 32.1. The predicted molar refractivity (Wildman–Crippen MR) is 101 cm³/mol. The number of urea groups is 1. The third-order valence-corrected chi connectivity index (χ3v) is 4.55. The van der Waals surface area contributed by atoms with Crippen molar-refractivity contribution in [2.24, 2.45) is 17.2 Å². The summed E-state index contributed by atoms with van der Waals surface area (Å²) in [7, 11) is 0. The van der Waals surface area contributed by atoms with Crippen molar-refractivity contribution in [3.8, 4) is 10.4 Å². The van der Waals surface area contributed by atoms with Crippen molar-refractivity contribution in [2.45, 2.75) is 12.5 Å². The van der Waals surface area contributed by atoms with Crippen LogP contribution in [-0.4, -0.2) is 29.1 Å². The van der Waals surface area contributed by atoms with Crippen molar-refractivity contribution in [1.82, 2.24) is 0 Å². The third-order valence-electron chi connectivity index (χ3n) is 3.45. The maximum atomic E-state index is 11.5. The summed E-state index contributed by atoms with van der Waals surface area (Å²) >= 11 is 1.19.